The third kappa shape index (κ3) is 2.35. The van der Waals surface area contributed by atoms with E-state index in [0.29, 0.717) is 17.1 Å². The fraction of sp³-hybridized carbons (Fsp3) is 0.133. The van der Waals surface area contributed by atoms with E-state index in [1.54, 1.807) is 20.3 Å². The summed E-state index contributed by atoms with van der Waals surface area (Å²) in [6.07, 6.45) is 0.838. The molecule has 0 aliphatic heterocycles. The normalized spacial score (nSPS) is 9.89. The Labute approximate surface area is 106 Å². The van der Waals surface area contributed by atoms with Gasteiger partial charge in [-0.1, -0.05) is 24.3 Å². The molecule has 3 heteroatoms. The smallest absolute Gasteiger partial charge is 0.161 e. The Balaban J connectivity index is 2.47. The number of aldehydes is 1. The molecule has 92 valence electrons. The van der Waals surface area contributed by atoms with Crippen LogP contribution in [0.4, 0.5) is 0 Å². The van der Waals surface area contributed by atoms with Gasteiger partial charge in [-0.15, -0.1) is 0 Å². The van der Waals surface area contributed by atoms with Crippen LogP contribution < -0.4 is 9.47 Å². The third-order valence-electron chi connectivity index (χ3n) is 2.74. The highest BCUT2D eigenvalue weighted by molar-refractivity contribution is 5.79. The summed E-state index contributed by atoms with van der Waals surface area (Å²) in [6.45, 7) is 0. The first-order valence-corrected chi connectivity index (χ1v) is 5.56. The number of ether oxygens (including phenoxy) is 2. The van der Waals surface area contributed by atoms with Gasteiger partial charge in [0.15, 0.2) is 11.5 Å². The highest BCUT2D eigenvalue weighted by Crippen LogP contribution is 2.32. The van der Waals surface area contributed by atoms with Crippen molar-refractivity contribution < 1.29 is 14.3 Å². The Morgan fingerprint density at radius 3 is 2.28 bits per heavy atom. The Hall–Kier alpha value is -2.29. The lowest BCUT2D eigenvalue weighted by molar-refractivity contribution is 0.112. The molecule has 18 heavy (non-hydrogen) atoms. The summed E-state index contributed by atoms with van der Waals surface area (Å²) in [5, 5.41) is 0. The van der Waals surface area contributed by atoms with E-state index in [2.05, 4.69) is 0 Å². The third-order valence-corrected chi connectivity index (χ3v) is 2.74. The van der Waals surface area contributed by atoms with Crippen molar-refractivity contribution in [2.45, 2.75) is 0 Å². The number of hydrogen-bond donors (Lipinski definition) is 0. The summed E-state index contributed by atoms with van der Waals surface area (Å²) in [6, 6.07) is 13.1. The minimum absolute atomic E-state index is 0.655. The van der Waals surface area contributed by atoms with Gasteiger partial charge in [-0.25, -0.2) is 0 Å². The fourth-order valence-corrected chi connectivity index (χ4v) is 1.81. The molecule has 0 saturated heterocycles. The van der Waals surface area contributed by atoms with Gasteiger partial charge in [-0.2, -0.15) is 0 Å². The second-order valence-electron chi connectivity index (χ2n) is 3.81. The number of carbonyl (C=O) groups is 1. The number of methoxy groups -OCH3 is 2. The molecular weight excluding hydrogens is 228 g/mol. The lowest BCUT2D eigenvalue weighted by Gasteiger charge is -2.09. The van der Waals surface area contributed by atoms with Crippen molar-refractivity contribution in [1.29, 1.82) is 0 Å². The average Bonchev–Trinajstić information content (AvgIpc) is 2.46. The largest absolute Gasteiger partial charge is 0.493 e. The Bertz CT molecular complexity index is 561. The Morgan fingerprint density at radius 1 is 0.889 bits per heavy atom. The van der Waals surface area contributed by atoms with E-state index in [-0.39, 0.29) is 0 Å². The maximum Gasteiger partial charge on any atom is 0.161 e. The van der Waals surface area contributed by atoms with E-state index < -0.39 is 0 Å². The van der Waals surface area contributed by atoms with Crippen molar-refractivity contribution in [3.8, 4) is 22.6 Å². The quantitative estimate of drug-likeness (QED) is 0.772. The number of benzene rings is 2. The molecule has 0 aliphatic carbocycles. The molecule has 0 unspecified atom stereocenters. The molecular formula is C15H14O3. The van der Waals surface area contributed by atoms with Gasteiger partial charge in [0.1, 0.15) is 6.29 Å². The lowest BCUT2D eigenvalue weighted by atomic mass is 10.0. The molecule has 0 saturated carbocycles. The van der Waals surface area contributed by atoms with Crippen LogP contribution in [0.5, 0.6) is 11.5 Å². The van der Waals surface area contributed by atoms with Gasteiger partial charge in [0.25, 0.3) is 0 Å². The Kier molecular flexibility index (Phi) is 3.63. The van der Waals surface area contributed by atoms with E-state index in [1.165, 1.54) is 0 Å². The molecule has 0 spiro atoms. The summed E-state index contributed by atoms with van der Waals surface area (Å²) in [4.78, 5) is 10.8. The number of rotatable bonds is 4. The van der Waals surface area contributed by atoms with E-state index in [0.717, 1.165) is 17.4 Å². The van der Waals surface area contributed by atoms with E-state index in [9.17, 15) is 4.79 Å². The molecule has 0 amide bonds. The number of hydrogen-bond acceptors (Lipinski definition) is 3. The monoisotopic (exact) mass is 242 g/mol. The van der Waals surface area contributed by atoms with Crippen LogP contribution >= 0.6 is 0 Å². The molecule has 0 radical (unpaired) electrons. The van der Waals surface area contributed by atoms with E-state index in [1.807, 2.05) is 36.4 Å². The van der Waals surface area contributed by atoms with Crippen molar-refractivity contribution in [1.82, 2.24) is 0 Å². The van der Waals surface area contributed by atoms with Crippen LogP contribution in [0.25, 0.3) is 11.1 Å². The SMILES string of the molecule is COc1ccc(-c2cccc(C=O)c2)cc1OC. The first kappa shape index (κ1) is 12.2. The van der Waals surface area contributed by atoms with Gasteiger partial charge in [0.05, 0.1) is 14.2 Å². The summed E-state index contributed by atoms with van der Waals surface area (Å²) < 4.78 is 10.5. The molecule has 0 fully saturated rings. The highest BCUT2D eigenvalue weighted by Gasteiger charge is 2.06. The molecule has 0 bridgehead atoms. The minimum Gasteiger partial charge on any atom is -0.493 e. The molecule has 2 aromatic rings. The molecule has 0 heterocycles. The van der Waals surface area contributed by atoms with Crippen LogP contribution in [0.15, 0.2) is 42.5 Å². The van der Waals surface area contributed by atoms with Crippen LogP contribution in [-0.4, -0.2) is 20.5 Å². The van der Waals surface area contributed by atoms with Crippen molar-refractivity contribution >= 4 is 6.29 Å². The van der Waals surface area contributed by atoms with Gasteiger partial charge in [-0.05, 0) is 29.3 Å². The maximum absolute atomic E-state index is 10.8. The van der Waals surface area contributed by atoms with Crippen LogP contribution in [0.1, 0.15) is 10.4 Å². The predicted octanol–water partition coefficient (Wildman–Crippen LogP) is 3.18. The molecule has 2 aromatic carbocycles. The van der Waals surface area contributed by atoms with Crippen LogP contribution in [0.2, 0.25) is 0 Å². The van der Waals surface area contributed by atoms with E-state index >= 15 is 0 Å². The molecule has 0 N–H and O–H groups in total. The van der Waals surface area contributed by atoms with Crippen molar-refractivity contribution in [3.05, 3.63) is 48.0 Å². The second-order valence-corrected chi connectivity index (χ2v) is 3.81. The molecule has 3 nitrogen and oxygen atoms in total. The fourth-order valence-electron chi connectivity index (χ4n) is 1.81. The maximum atomic E-state index is 10.8. The van der Waals surface area contributed by atoms with Crippen LogP contribution in [0, 0.1) is 0 Å². The van der Waals surface area contributed by atoms with Gasteiger partial charge >= 0.3 is 0 Å². The molecule has 0 aromatic heterocycles. The highest BCUT2D eigenvalue weighted by atomic mass is 16.5. The van der Waals surface area contributed by atoms with Gasteiger partial charge in [-0.3, -0.25) is 4.79 Å². The topological polar surface area (TPSA) is 35.5 Å². The minimum atomic E-state index is 0.655. The van der Waals surface area contributed by atoms with Gasteiger partial charge < -0.3 is 9.47 Å². The lowest BCUT2D eigenvalue weighted by Crippen LogP contribution is -1.91. The average molecular weight is 242 g/mol. The standard InChI is InChI=1S/C15H14O3/c1-17-14-7-6-13(9-15(14)18-2)12-5-3-4-11(8-12)10-16/h3-10H,1-2H3. The molecule has 2 rings (SSSR count). The van der Waals surface area contributed by atoms with Crippen molar-refractivity contribution in [2.75, 3.05) is 14.2 Å². The van der Waals surface area contributed by atoms with Crippen LogP contribution in [0.3, 0.4) is 0 Å². The van der Waals surface area contributed by atoms with Crippen molar-refractivity contribution in [2.24, 2.45) is 0 Å². The first-order chi connectivity index (χ1) is 8.78. The Morgan fingerprint density at radius 2 is 1.61 bits per heavy atom. The van der Waals surface area contributed by atoms with Gasteiger partial charge in [0, 0.05) is 5.56 Å². The summed E-state index contributed by atoms with van der Waals surface area (Å²) in [5.41, 5.74) is 2.61. The zero-order chi connectivity index (χ0) is 13.0. The zero-order valence-corrected chi connectivity index (χ0v) is 10.3. The predicted molar refractivity (Wildman–Crippen MR) is 70.4 cm³/mol. The second kappa shape index (κ2) is 5.36. The zero-order valence-electron chi connectivity index (χ0n) is 10.3. The van der Waals surface area contributed by atoms with E-state index in [4.69, 9.17) is 9.47 Å². The van der Waals surface area contributed by atoms with Gasteiger partial charge in [0.2, 0.25) is 0 Å². The summed E-state index contributed by atoms with van der Waals surface area (Å²) >= 11 is 0. The number of carbonyl (C=O) groups excluding carboxylic acids is 1. The van der Waals surface area contributed by atoms with Crippen molar-refractivity contribution in [3.63, 3.8) is 0 Å². The molecule has 0 atom stereocenters. The van der Waals surface area contributed by atoms with Crippen LogP contribution in [-0.2, 0) is 0 Å². The first-order valence-electron chi connectivity index (χ1n) is 5.56. The summed E-state index contributed by atoms with van der Waals surface area (Å²) in [5.74, 6) is 1.36. The molecule has 0 aliphatic rings. The summed E-state index contributed by atoms with van der Waals surface area (Å²) in [7, 11) is 3.20.